The molecule has 122 valence electrons. The Hall–Kier alpha value is -0.970. The molecule has 0 heterocycles. The minimum atomic E-state index is -0.939. The number of hydrogen-bond donors (Lipinski definition) is 2. The maximum atomic E-state index is 12.0. The molecule has 0 aliphatic carbocycles. The largest absolute Gasteiger partial charge is 0.387 e. The molecule has 3 nitrogen and oxygen atoms in total. The summed E-state index contributed by atoms with van der Waals surface area (Å²) < 4.78 is 0. The number of rotatable bonds is 5. The summed E-state index contributed by atoms with van der Waals surface area (Å²) >= 11 is 23.9. The predicted octanol–water partition coefficient (Wildman–Crippen LogP) is 4.69. The molecular formula is C16H13Cl4NO2. The summed E-state index contributed by atoms with van der Waals surface area (Å²) in [6.45, 7) is 0.0161. The number of amides is 1. The number of carbonyl (C=O) groups excluding carboxylic acids is 1. The second-order valence-electron chi connectivity index (χ2n) is 4.86. The van der Waals surface area contributed by atoms with Gasteiger partial charge in [-0.3, -0.25) is 4.79 Å². The average molecular weight is 393 g/mol. The summed E-state index contributed by atoms with van der Waals surface area (Å²) in [4.78, 5) is 12.0. The van der Waals surface area contributed by atoms with Gasteiger partial charge in [0, 0.05) is 32.2 Å². The standard InChI is InChI=1S/C16H13Cl4NO2/c17-9-4-5-10(14(20)6-9)15(22)8-21-16(23)7-11-12(18)2-1-3-13(11)19/h1-6,15,22H,7-8H2,(H,21,23). The van der Waals surface area contributed by atoms with Gasteiger partial charge in [-0.25, -0.2) is 0 Å². The lowest BCUT2D eigenvalue weighted by atomic mass is 10.1. The lowest BCUT2D eigenvalue weighted by Crippen LogP contribution is -2.30. The van der Waals surface area contributed by atoms with Crippen LogP contribution >= 0.6 is 46.4 Å². The van der Waals surface area contributed by atoms with Gasteiger partial charge in [0.15, 0.2) is 0 Å². The molecule has 2 N–H and O–H groups in total. The Morgan fingerprint density at radius 1 is 1.04 bits per heavy atom. The van der Waals surface area contributed by atoms with E-state index in [-0.39, 0.29) is 18.9 Å². The maximum Gasteiger partial charge on any atom is 0.224 e. The van der Waals surface area contributed by atoms with E-state index in [1.807, 2.05) is 0 Å². The van der Waals surface area contributed by atoms with Crippen molar-refractivity contribution < 1.29 is 9.90 Å². The average Bonchev–Trinajstić information content (AvgIpc) is 2.49. The van der Waals surface area contributed by atoms with Crippen molar-refractivity contribution in [3.63, 3.8) is 0 Å². The first-order chi connectivity index (χ1) is 10.9. The molecule has 2 rings (SSSR count). The number of aliphatic hydroxyl groups excluding tert-OH is 1. The first-order valence-corrected chi connectivity index (χ1v) is 8.22. The second-order valence-corrected chi connectivity index (χ2v) is 6.52. The molecule has 23 heavy (non-hydrogen) atoms. The molecule has 7 heteroatoms. The van der Waals surface area contributed by atoms with Crippen LogP contribution in [0.5, 0.6) is 0 Å². The molecule has 0 radical (unpaired) electrons. The maximum absolute atomic E-state index is 12.0. The van der Waals surface area contributed by atoms with Crippen LogP contribution in [0.1, 0.15) is 17.2 Å². The summed E-state index contributed by atoms with van der Waals surface area (Å²) in [5.41, 5.74) is 1.04. The molecule has 0 saturated heterocycles. The molecule has 0 spiro atoms. The topological polar surface area (TPSA) is 49.3 Å². The van der Waals surface area contributed by atoms with Crippen molar-refractivity contribution >= 4 is 52.3 Å². The fourth-order valence-electron chi connectivity index (χ4n) is 2.02. The SMILES string of the molecule is O=C(Cc1c(Cl)cccc1Cl)NCC(O)c1ccc(Cl)cc1Cl. The Kier molecular flexibility index (Phi) is 6.57. The van der Waals surface area contributed by atoms with Gasteiger partial charge < -0.3 is 10.4 Å². The molecule has 0 saturated carbocycles. The fourth-order valence-corrected chi connectivity index (χ4v) is 3.08. The van der Waals surface area contributed by atoms with Crippen molar-refractivity contribution in [1.29, 1.82) is 0 Å². The highest BCUT2D eigenvalue weighted by molar-refractivity contribution is 6.36. The molecule has 1 atom stereocenters. The minimum Gasteiger partial charge on any atom is -0.387 e. The zero-order valence-electron chi connectivity index (χ0n) is 11.8. The van der Waals surface area contributed by atoms with Gasteiger partial charge in [-0.1, -0.05) is 58.5 Å². The van der Waals surface area contributed by atoms with Crippen LogP contribution in [0.2, 0.25) is 20.1 Å². The summed E-state index contributed by atoms with van der Waals surface area (Å²) in [5.74, 6) is -0.302. The summed E-state index contributed by atoms with van der Waals surface area (Å²) in [5, 5.41) is 14.4. The number of aliphatic hydroxyl groups is 1. The van der Waals surface area contributed by atoms with Crippen molar-refractivity contribution in [3.05, 3.63) is 67.6 Å². The first-order valence-electron chi connectivity index (χ1n) is 6.71. The smallest absolute Gasteiger partial charge is 0.224 e. The molecular weight excluding hydrogens is 380 g/mol. The van der Waals surface area contributed by atoms with Gasteiger partial charge in [-0.2, -0.15) is 0 Å². The number of nitrogens with one attached hydrogen (secondary N) is 1. The highest BCUT2D eigenvalue weighted by Gasteiger charge is 2.15. The zero-order valence-corrected chi connectivity index (χ0v) is 14.8. The Labute approximate surface area is 154 Å². The molecule has 0 aliphatic heterocycles. The molecule has 0 aliphatic rings. The van der Waals surface area contributed by atoms with Crippen LogP contribution < -0.4 is 5.32 Å². The lowest BCUT2D eigenvalue weighted by molar-refractivity contribution is -0.120. The molecule has 1 unspecified atom stereocenters. The van der Waals surface area contributed by atoms with Crippen molar-refractivity contribution in [1.82, 2.24) is 5.32 Å². The Balaban J connectivity index is 1.96. The third-order valence-electron chi connectivity index (χ3n) is 3.21. The van der Waals surface area contributed by atoms with E-state index >= 15 is 0 Å². The fraction of sp³-hybridized carbons (Fsp3) is 0.188. The normalized spacial score (nSPS) is 12.0. The number of hydrogen-bond acceptors (Lipinski definition) is 2. The van der Waals surface area contributed by atoms with Crippen molar-refractivity contribution in [2.75, 3.05) is 6.54 Å². The Morgan fingerprint density at radius 2 is 1.70 bits per heavy atom. The van der Waals surface area contributed by atoms with Crippen LogP contribution in [0.15, 0.2) is 36.4 Å². The third-order valence-corrected chi connectivity index (χ3v) is 4.48. The summed E-state index contributed by atoms with van der Waals surface area (Å²) in [6, 6.07) is 9.81. The van der Waals surface area contributed by atoms with Crippen LogP contribution in [-0.4, -0.2) is 17.6 Å². The van der Waals surface area contributed by atoms with Gasteiger partial charge in [-0.05, 0) is 29.8 Å². The molecule has 0 aromatic heterocycles. The molecule has 1 amide bonds. The number of halogens is 4. The van der Waals surface area contributed by atoms with Gasteiger partial charge in [0.25, 0.3) is 0 Å². The Morgan fingerprint density at radius 3 is 2.30 bits per heavy atom. The molecule has 2 aromatic rings. The quantitative estimate of drug-likeness (QED) is 0.775. The van der Waals surface area contributed by atoms with E-state index in [9.17, 15) is 9.90 Å². The van der Waals surface area contributed by atoms with E-state index in [4.69, 9.17) is 46.4 Å². The highest BCUT2D eigenvalue weighted by atomic mass is 35.5. The summed E-state index contributed by atoms with van der Waals surface area (Å²) in [7, 11) is 0. The predicted molar refractivity (Wildman–Crippen MR) is 94.6 cm³/mol. The van der Waals surface area contributed by atoms with Crippen LogP contribution in [0.3, 0.4) is 0 Å². The molecule has 2 aromatic carbocycles. The minimum absolute atomic E-state index is 0.0161. The molecule has 0 fully saturated rings. The summed E-state index contributed by atoms with van der Waals surface area (Å²) in [6.07, 6.45) is -0.912. The van der Waals surface area contributed by atoms with E-state index in [2.05, 4.69) is 5.32 Å². The van der Waals surface area contributed by atoms with Crippen molar-refractivity contribution in [2.45, 2.75) is 12.5 Å². The second kappa shape index (κ2) is 8.22. The van der Waals surface area contributed by atoms with E-state index in [0.717, 1.165) is 0 Å². The number of benzene rings is 2. The zero-order chi connectivity index (χ0) is 17.0. The van der Waals surface area contributed by atoms with E-state index in [1.165, 1.54) is 6.07 Å². The first kappa shape index (κ1) is 18.4. The highest BCUT2D eigenvalue weighted by Crippen LogP contribution is 2.26. The van der Waals surface area contributed by atoms with Crippen LogP contribution in [-0.2, 0) is 11.2 Å². The Bertz CT molecular complexity index is 701. The van der Waals surface area contributed by atoms with Crippen LogP contribution in [0.25, 0.3) is 0 Å². The van der Waals surface area contributed by atoms with Gasteiger partial charge in [0.05, 0.1) is 12.5 Å². The van der Waals surface area contributed by atoms with E-state index in [1.54, 1.807) is 30.3 Å². The van der Waals surface area contributed by atoms with Gasteiger partial charge >= 0.3 is 0 Å². The van der Waals surface area contributed by atoms with Crippen molar-refractivity contribution in [3.8, 4) is 0 Å². The van der Waals surface area contributed by atoms with Gasteiger partial charge in [0.2, 0.25) is 5.91 Å². The number of carbonyl (C=O) groups is 1. The van der Waals surface area contributed by atoms with Crippen LogP contribution in [0.4, 0.5) is 0 Å². The monoisotopic (exact) mass is 391 g/mol. The van der Waals surface area contributed by atoms with Crippen LogP contribution in [0, 0.1) is 0 Å². The van der Waals surface area contributed by atoms with E-state index < -0.39 is 6.10 Å². The third kappa shape index (κ3) is 5.00. The molecule has 0 bridgehead atoms. The van der Waals surface area contributed by atoms with E-state index in [0.29, 0.717) is 31.2 Å². The lowest BCUT2D eigenvalue weighted by Gasteiger charge is -2.14. The van der Waals surface area contributed by atoms with Crippen molar-refractivity contribution in [2.24, 2.45) is 0 Å². The van der Waals surface area contributed by atoms with Gasteiger partial charge in [-0.15, -0.1) is 0 Å². The van der Waals surface area contributed by atoms with Gasteiger partial charge in [0.1, 0.15) is 0 Å².